The van der Waals surface area contributed by atoms with E-state index in [2.05, 4.69) is 43.9 Å². The van der Waals surface area contributed by atoms with Crippen LogP contribution in [0.2, 0.25) is 0 Å². The van der Waals surface area contributed by atoms with Crippen molar-refractivity contribution < 1.29 is 5.11 Å². The summed E-state index contributed by atoms with van der Waals surface area (Å²) in [6.07, 6.45) is 5.12. The Bertz CT molecular complexity index is 416. The zero-order valence-corrected chi connectivity index (χ0v) is 12.5. The van der Waals surface area contributed by atoms with E-state index >= 15 is 0 Å². The number of aliphatic hydroxyl groups excluding tert-OH is 1. The summed E-state index contributed by atoms with van der Waals surface area (Å²) in [4.78, 5) is 2.44. The molecule has 0 aliphatic carbocycles. The maximum atomic E-state index is 10.4. The number of nitrogens with zero attached hydrogens (tertiary/aromatic N) is 1. The molecular formula is C17H27NO. The van der Waals surface area contributed by atoms with Crippen molar-refractivity contribution in [1.82, 2.24) is 0 Å². The van der Waals surface area contributed by atoms with Gasteiger partial charge < -0.3 is 10.0 Å². The average Bonchev–Trinajstić information content (AvgIpc) is 2.39. The lowest BCUT2D eigenvalue weighted by Crippen LogP contribution is -2.46. The van der Waals surface area contributed by atoms with Gasteiger partial charge in [-0.05, 0) is 44.2 Å². The zero-order valence-electron chi connectivity index (χ0n) is 12.5. The molecule has 0 bridgehead atoms. The van der Waals surface area contributed by atoms with Crippen molar-refractivity contribution in [2.75, 3.05) is 11.4 Å². The van der Waals surface area contributed by atoms with Gasteiger partial charge in [0.1, 0.15) is 0 Å². The fourth-order valence-electron chi connectivity index (χ4n) is 3.29. The molecule has 2 unspecified atom stereocenters. The highest BCUT2D eigenvalue weighted by molar-refractivity contribution is 5.57. The maximum absolute atomic E-state index is 10.4. The Labute approximate surface area is 117 Å². The van der Waals surface area contributed by atoms with Gasteiger partial charge in [-0.1, -0.05) is 38.0 Å². The SMILES string of the molecule is CCCC(O)C(CC)N1CCCc2cc(C)ccc21. The van der Waals surface area contributed by atoms with Gasteiger partial charge in [-0.2, -0.15) is 0 Å². The van der Waals surface area contributed by atoms with E-state index in [0.29, 0.717) is 0 Å². The summed E-state index contributed by atoms with van der Waals surface area (Å²) in [6, 6.07) is 7.00. The highest BCUT2D eigenvalue weighted by Gasteiger charge is 2.27. The number of hydrogen-bond acceptors (Lipinski definition) is 2. The minimum absolute atomic E-state index is 0.206. The van der Waals surface area contributed by atoms with Crippen molar-refractivity contribution in [1.29, 1.82) is 0 Å². The van der Waals surface area contributed by atoms with Crippen molar-refractivity contribution >= 4 is 5.69 Å². The molecule has 0 saturated heterocycles. The predicted octanol–water partition coefficient (Wildman–Crippen LogP) is 3.69. The third-order valence-electron chi connectivity index (χ3n) is 4.24. The van der Waals surface area contributed by atoms with E-state index in [1.807, 2.05) is 0 Å². The molecule has 2 rings (SSSR count). The first-order valence-electron chi connectivity index (χ1n) is 7.71. The lowest BCUT2D eigenvalue weighted by atomic mass is 9.94. The highest BCUT2D eigenvalue weighted by Crippen LogP contribution is 2.31. The molecule has 1 aliphatic heterocycles. The monoisotopic (exact) mass is 261 g/mol. The smallest absolute Gasteiger partial charge is 0.0743 e. The molecule has 1 heterocycles. The fraction of sp³-hybridized carbons (Fsp3) is 0.647. The number of benzene rings is 1. The van der Waals surface area contributed by atoms with Gasteiger partial charge in [0.05, 0.1) is 12.1 Å². The third kappa shape index (κ3) is 3.11. The van der Waals surface area contributed by atoms with Crippen LogP contribution in [0.15, 0.2) is 18.2 Å². The minimum Gasteiger partial charge on any atom is -0.391 e. The standard InChI is InChI=1S/C17H27NO/c1-4-7-17(19)15(5-2)18-11-6-8-14-12-13(3)9-10-16(14)18/h9-10,12,15,17,19H,4-8,11H2,1-3H3. The molecule has 2 heteroatoms. The largest absolute Gasteiger partial charge is 0.391 e. The van der Waals surface area contributed by atoms with Crippen molar-refractivity contribution in [2.24, 2.45) is 0 Å². The van der Waals surface area contributed by atoms with Crippen LogP contribution in [-0.2, 0) is 6.42 Å². The topological polar surface area (TPSA) is 23.5 Å². The molecule has 1 aliphatic rings. The Morgan fingerprint density at radius 2 is 2.11 bits per heavy atom. The van der Waals surface area contributed by atoms with Crippen LogP contribution in [0, 0.1) is 6.92 Å². The first-order chi connectivity index (χ1) is 9.17. The van der Waals surface area contributed by atoms with E-state index in [9.17, 15) is 5.11 Å². The minimum atomic E-state index is -0.206. The van der Waals surface area contributed by atoms with Gasteiger partial charge in [0, 0.05) is 12.2 Å². The molecule has 0 radical (unpaired) electrons. The molecule has 0 amide bonds. The van der Waals surface area contributed by atoms with E-state index in [1.54, 1.807) is 0 Å². The van der Waals surface area contributed by atoms with E-state index in [1.165, 1.54) is 29.7 Å². The number of fused-ring (bicyclic) bond motifs is 1. The van der Waals surface area contributed by atoms with Crippen LogP contribution in [0.25, 0.3) is 0 Å². The molecule has 1 aromatic carbocycles. The predicted molar refractivity (Wildman–Crippen MR) is 81.8 cm³/mol. The van der Waals surface area contributed by atoms with Crippen LogP contribution < -0.4 is 4.90 Å². The van der Waals surface area contributed by atoms with Gasteiger partial charge in [-0.3, -0.25) is 0 Å². The Kier molecular flexibility index (Phi) is 4.87. The Morgan fingerprint density at radius 3 is 2.79 bits per heavy atom. The summed E-state index contributed by atoms with van der Waals surface area (Å²) in [7, 11) is 0. The number of hydrogen-bond donors (Lipinski definition) is 1. The second-order valence-corrected chi connectivity index (χ2v) is 5.76. The van der Waals surface area contributed by atoms with Crippen molar-refractivity contribution in [3.05, 3.63) is 29.3 Å². The molecule has 2 nitrogen and oxygen atoms in total. The average molecular weight is 261 g/mol. The Hall–Kier alpha value is -1.02. The highest BCUT2D eigenvalue weighted by atomic mass is 16.3. The lowest BCUT2D eigenvalue weighted by molar-refractivity contribution is 0.127. The molecular weight excluding hydrogens is 234 g/mol. The van der Waals surface area contributed by atoms with Gasteiger partial charge >= 0.3 is 0 Å². The van der Waals surface area contributed by atoms with Crippen LogP contribution in [-0.4, -0.2) is 23.8 Å². The lowest BCUT2D eigenvalue weighted by Gasteiger charge is -2.40. The molecule has 0 aromatic heterocycles. The summed E-state index contributed by atoms with van der Waals surface area (Å²) in [5.41, 5.74) is 4.13. The molecule has 19 heavy (non-hydrogen) atoms. The van der Waals surface area contributed by atoms with E-state index in [4.69, 9.17) is 0 Å². The van der Waals surface area contributed by atoms with E-state index in [0.717, 1.165) is 25.8 Å². The summed E-state index contributed by atoms with van der Waals surface area (Å²) < 4.78 is 0. The normalized spacial score (nSPS) is 18.0. The third-order valence-corrected chi connectivity index (χ3v) is 4.24. The molecule has 0 saturated carbocycles. The van der Waals surface area contributed by atoms with Crippen LogP contribution in [0.4, 0.5) is 5.69 Å². The second kappa shape index (κ2) is 6.42. The van der Waals surface area contributed by atoms with Crippen LogP contribution in [0.3, 0.4) is 0 Å². The molecule has 2 atom stereocenters. The van der Waals surface area contributed by atoms with Crippen LogP contribution >= 0.6 is 0 Å². The number of aryl methyl sites for hydroxylation is 2. The summed E-state index contributed by atoms with van der Waals surface area (Å²) >= 11 is 0. The van der Waals surface area contributed by atoms with E-state index < -0.39 is 0 Å². The maximum Gasteiger partial charge on any atom is 0.0743 e. The zero-order chi connectivity index (χ0) is 13.8. The van der Waals surface area contributed by atoms with Crippen LogP contribution in [0.5, 0.6) is 0 Å². The second-order valence-electron chi connectivity index (χ2n) is 5.76. The number of aliphatic hydroxyl groups is 1. The fourth-order valence-corrected chi connectivity index (χ4v) is 3.29. The Balaban J connectivity index is 2.26. The number of rotatable bonds is 5. The first kappa shape index (κ1) is 14.4. The van der Waals surface area contributed by atoms with Crippen LogP contribution in [0.1, 0.15) is 50.7 Å². The molecule has 0 spiro atoms. The van der Waals surface area contributed by atoms with Gasteiger partial charge in [0.25, 0.3) is 0 Å². The van der Waals surface area contributed by atoms with Gasteiger partial charge in [-0.25, -0.2) is 0 Å². The van der Waals surface area contributed by atoms with Gasteiger partial charge in [0.2, 0.25) is 0 Å². The Morgan fingerprint density at radius 1 is 1.32 bits per heavy atom. The molecule has 1 aromatic rings. The number of anilines is 1. The van der Waals surface area contributed by atoms with Crippen molar-refractivity contribution in [3.8, 4) is 0 Å². The van der Waals surface area contributed by atoms with Gasteiger partial charge in [0.15, 0.2) is 0 Å². The molecule has 106 valence electrons. The summed E-state index contributed by atoms with van der Waals surface area (Å²) in [5, 5.41) is 10.4. The summed E-state index contributed by atoms with van der Waals surface area (Å²) in [6.45, 7) is 7.56. The molecule has 0 fully saturated rings. The van der Waals surface area contributed by atoms with Crippen molar-refractivity contribution in [3.63, 3.8) is 0 Å². The van der Waals surface area contributed by atoms with Gasteiger partial charge in [-0.15, -0.1) is 0 Å². The van der Waals surface area contributed by atoms with E-state index in [-0.39, 0.29) is 12.1 Å². The first-order valence-corrected chi connectivity index (χ1v) is 7.71. The summed E-state index contributed by atoms with van der Waals surface area (Å²) in [5.74, 6) is 0. The molecule has 1 N–H and O–H groups in total. The quantitative estimate of drug-likeness (QED) is 0.874. The van der Waals surface area contributed by atoms with Crippen molar-refractivity contribution in [2.45, 2.75) is 65.0 Å².